The van der Waals surface area contributed by atoms with Crippen molar-refractivity contribution in [2.75, 3.05) is 0 Å². The predicted octanol–water partition coefficient (Wildman–Crippen LogP) is 2.64. The molecule has 2 N–H and O–H groups in total. The van der Waals surface area contributed by atoms with Crippen molar-refractivity contribution in [2.45, 2.75) is 19.4 Å². The van der Waals surface area contributed by atoms with Crippen LogP contribution in [0.3, 0.4) is 0 Å². The summed E-state index contributed by atoms with van der Waals surface area (Å²) in [4.78, 5) is 4.35. The zero-order chi connectivity index (χ0) is 9.97. The topological polar surface area (TPSA) is 38.9 Å². The highest BCUT2D eigenvalue weighted by atomic mass is 14.8. The molecule has 0 aliphatic heterocycles. The summed E-state index contributed by atoms with van der Waals surface area (Å²) in [5.41, 5.74) is 7.00. The van der Waals surface area contributed by atoms with Crippen LogP contribution < -0.4 is 5.73 Å². The van der Waals surface area contributed by atoms with Crippen molar-refractivity contribution >= 4 is 10.8 Å². The van der Waals surface area contributed by atoms with E-state index in [9.17, 15) is 0 Å². The summed E-state index contributed by atoms with van der Waals surface area (Å²) in [6.07, 6.45) is 2.74. The van der Waals surface area contributed by atoms with Crippen molar-refractivity contribution in [1.82, 2.24) is 4.98 Å². The Morgan fingerprint density at radius 2 is 2.07 bits per heavy atom. The molecule has 72 valence electrons. The fraction of sp³-hybridized carbons (Fsp3) is 0.250. The van der Waals surface area contributed by atoms with Crippen LogP contribution in [0.4, 0.5) is 0 Å². The third-order valence-electron chi connectivity index (χ3n) is 2.50. The monoisotopic (exact) mass is 186 g/mol. The second-order valence-electron chi connectivity index (χ2n) is 3.43. The minimum Gasteiger partial charge on any atom is -0.323 e. The number of nitrogens with zero attached hydrogens (tertiary/aromatic N) is 1. The van der Waals surface area contributed by atoms with Gasteiger partial charge in [-0.1, -0.05) is 31.2 Å². The Balaban J connectivity index is 2.65. The zero-order valence-electron chi connectivity index (χ0n) is 8.27. The van der Waals surface area contributed by atoms with Crippen LogP contribution in [0.2, 0.25) is 0 Å². The Morgan fingerprint density at radius 1 is 1.29 bits per heavy atom. The summed E-state index contributed by atoms with van der Waals surface area (Å²) < 4.78 is 0. The van der Waals surface area contributed by atoms with E-state index in [4.69, 9.17) is 5.73 Å². The lowest BCUT2D eigenvalue weighted by molar-refractivity contribution is 0.682. The molecule has 0 saturated heterocycles. The minimum absolute atomic E-state index is 0.0427. The van der Waals surface area contributed by atoms with Crippen LogP contribution in [0.15, 0.2) is 36.5 Å². The molecule has 0 aliphatic rings. The number of hydrogen-bond donors (Lipinski definition) is 1. The lowest BCUT2D eigenvalue weighted by atomic mass is 10.0. The molecule has 1 aromatic carbocycles. The van der Waals surface area contributed by atoms with Crippen LogP contribution >= 0.6 is 0 Å². The van der Waals surface area contributed by atoms with Crippen LogP contribution in [0, 0.1) is 0 Å². The van der Waals surface area contributed by atoms with Gasteiger partial charge in [0.05, 0.1) is 5.69 Å². The van der Waals surface area contributed by atoms with Crippen molar-refractivity contribution in [3.05, 3.63) is 42.2 Å². The quantitative estimate of drug-likeness (QED) is 0.783. The summed E-state index contributed by atoms with van der Waals surface area (Å²) in [5, 5.41) is 2.38. The highest BCUT2D eigenvalue weighted by Crippen LogP contribution is 2.21. The van der Waals surface area contributed by atoms with Gasteiger partial charge in [-0.3, -0.25) is 4.98 Å². The van der Waals surface area contributed by atoms with Gasteiger partial charge < -0.3 is 5.73 Å². The third kappa shape index (κ3) is 1.49. The van der Waals surface area contributed by atoms with E-state index < -0.39 is 0 Å². The van der Waals surface area contributed by atoms with Gasteiger partial charge in [0.25, 0.3) is 0 Å². The molecule has 0 fully saturated rings. The van der Waals surface area contributed by atoms with Gasteiger partial charge in [0.1, 0.15) is 0 Å². The molecular weight excluding hydrogens is 172 g/mol. The highest BCUT2D eigenvalue weighted by Gasteiger charge is 2.08. The standard InChI is InChI=1S/C12H14N2/c1-2-11(13)12-10-6-4-3-5-9(10)7-8-14-12/h3-8,11H,2,13H2,1H3/t11-/m1/s1. The molecule has 1 atom stereocenters. The number of hydrogen-bond acceptors (Lipinski definition) is 2. The van der Waals surface area contributed by atoms with E-state index in [-0.39, 0.29) is 6.04 Å². The van der Waals surface area contributed by atoms with Gasteiger partial charge in [-0.05, 0) is 17.9 Å². The van der Waals surface area contributed by atoms with Crippen LogP contribution in [0.1, 0.15) is 25.1 Å². The van der Waals surface area contributed by atoms with Gasteiger partial charge in [0.2, 0.25) is 0 Å². The molecule has 0 amide bonds. The van der Waals surface area contributed by atoms with Gasteiger partial charge in [0.15, 0.2) is 0 Å². The Kier molecular flexibility index (Phi) is 2.46. The van der Waals surface area contributed by atoms with Crippen LogP contribution in [0.25, 0.3) is 10.8 Å². The molecular formula is C12H14N2. The average Bonchev–Trinajstić information content (AvgIpc) is 2.27. The van der Waals surface area contributed by atoms with Crippen LogP contribution in [-0.2, 0) is 0 Å². The van der Waals surface area contributed by atoms with E-state index >= 15 is 0 Å². The Bertz CT molecular complexity index is 432. The lowest BCUT2D eigenvalue weighted by Crippen LogP contribution is -2.10. The average molecular weight is 186 g/mol. The van der Waals surface area contributed by atoms with E-state index in [0.717, 1.165) is 12.1 Å². The molecule has 1 aromatic heterocycles. The Hall–Kier alpha value is -1.41. The number of rotatable bonds is 2. The molecule has 0 bridgehead atoms. The third-order valence-corrected chi connectivity index (χ3v) is 2.50. The summed E-state index contributed by atoms with van der Waals surface area (Å²) in [6.45, 7) is 2.08. The Labute approximate surface area is 83.8 Å². The molecule has 2 aromatic rings. The molecule has 2 rings (SSSR count). The number of pyridine rings is 1. The van der Waals surface area contributed by atoms with Crippen molar-refractivity contribution < 1.29 is 0 Å². The maximum atomic E-state index is 6.00. The Morgan fingerprint density at radius 3 is 2.86 bits per heavy atom. The molecule has 0 spiro atoms. The van der Waals surface area contributed by atoms with Crippen LogP contribution in [-0.4, -0.2) is 4.98 Å². The summed E-state index contributed by atoms with van der Waals surface area (Å²) in [5.74, 6) is 0. The molecule has 14 heavy (non-hydrogen) atoms. The van der Waals surface area contributed by atoms with Crippen LogP contribution in [0.5, 0.6) is 0 Å². The first-order chi connectivity index (χ1) is 6.83. The van der Waals surface area contributed by atoms with Gasteiger partial charge in [-0.25, -0.2) is 0 Å². The number of fused-ring (bicyclic) bond motifs is 1. The van der Waals surface area contributed by atoms with Gasteiger partial charge in [-0.2, -0.15) is 0 Å². The van der Waals surface area contributed by atoms with Gasteiger partial charge >= 0.3 is 0 Å². The van der Waals surface area contributed by atoms with Crippen molar-refractivity contribution in [3.63, 3.8) is 0 Å². The van der Waals surface area contributed by atoms with E-state index in [2.05, 4.69) is 24.0 Å². The predicted molar refractivity (Wildman–Crippen MR) is 59.0 cm³/mol. The maximum absolute atomic E-state index is 6.00. The molecule has 2 nitrogen and oxygen atoms in total. The van der Waals surface area contributed by atoms with Gasteiger partial charge in [-0.15, -0.1) is 0 Å². The van der Waals surface area contributed by atoms with Gasteiger partial charge in [0, 0.05) is 17.6 Å². The molecule has 0 saturated carbocycles. The summed E-state index contributed by atoms with van der Waals surface area (Å²) in [6, 6.07) is 10.3. The maximum Gasteiger partial charge on any atom is 0.0649 e. The second kappa shape index (κ2) is 3.76. The van der Waals surface area contributed by atoms with E-state index in [0.29, 0.717) is 0 Å². The zero-order valence-corrected chi connectivity index (χ0v) is 8.27. The first kappa shape index (κ1) is 9.16. The number of aromatic nitrogens is 1. The number of benzene rings is 1. The number of nitrogens with two attached hydrogens (primary N) is 1. The summed E-state index contributed by atoms with van der Waals surface area (Å²) >= 11 is 0. The fourth-order valence-corrected chi connectivity index (χ4v) is 1.63. The van der Waals surface area contributed by atoms with E-state index in [1.165, 1.54) is 10.8 Å². The molecule has 0 radical (unpaired) electrons. The SMILES string of the molecule is CC[C@@H](N)c1nccc2ccccc12. The summed E-state index contributed by atoms with van der Waals surface area (Å²) in [7, 11) is 0. The smallest absolute Gasteiger partial charge is 0.0649 e. The van der Waals surface area contributed by atoms with Crippen molar-refractivity contribution in [1.29, 1.82) is 0 Å². The van der Waals surface area contributed by atoms with E-state index in [1.54, 1.807) is 0 Å². The highest BCUT2D eigenvalue weighted by molar-refractivity contribution is 5.84. The molecule has 0 aliphatic carbocycles. The molecule has 2 heteroatoms. The first-order valence-corrected chi connectivity index (χ1v) is 4.92. The molecule has 0 unspecified atom stereocenters. The minimum atomic E-state index is 0.0427. The molecule has 1 heterocycles. The van der Waals surface area contributed by atoms with Crippen molar-refractivity contribution in [2.24, 2.45) is 5.73 Å². The fourth-order valence-electron chi connectivity index (χ4n) is 1.63. The first-order valence-electron chi connectivity index (χ1n) is 4.92. The van der Waals surface area contributed by atoms with E-state index in [1.807, 2.05) is 24.4 Å². The largest absolute Gasteiger partial charge is 0.323 e. The van der Waals surface area contributed by atoms with Crippen molar-refractivity contribution in [3.8, 4) is 0 Å². The lowest BCUT2D eigenvalue weighted by Gasteiger charge is -2.10. The normalized spacial score (nSPS) is 13.0. The second-order valence-corrected chi connectivity index (χ2v) is 3.43.